The number of nitrogens with one attached hydrogen (secondary N) is 1. The molecule has 0 aliphatic rings. The molecule has 0 aliphatic heterocycles. The van der Waals surface area contributed by atoms with E-state index in [9.17, 15) is 0 Å². The second-order valence-electron chi connectivity index (χ2n) is 6.08. The van der Waals surface area contributed by atoms with Crippen LogP contribution in [0.25, 0.3) is 0 Å². The molecule has 0 aromatic carbocycles. The van der Waals surface area contributed by atoms with Crippen molar-refractivity contribution in [3.63, 3.8) is 0 Å². The Morgan fingerprint density at radius 3 is 2.47 bits per heavy atom. The minimum absolute atomic E-state index is 0.289. The van der Waals surface area contributed by atoms with E-state index in [4.69, 9.17) is 4.42 Å². The highest BCUT2D eigenvalue weighted by Crippen LogP contribution is 2.33. The van der Waals surface area contributed by atoms with Crippen LogP contribution in [-0.4, -0.2) is 7.05 Å². The average molecular weight is 302 g/mol. The van der Waals surface area contributed by atoms with Crippen molar-refractivity contribution in [1.82, 2.24) is 5.32 Å². The lowest BCUT2D eigenvalue weighted by Gasteiger charge is -2.26. The van der Waals surface area contributed by atoms with Crippen molar-refractivity contribution in [1.29, 1.82) is 0 Å². The Morgan fingerprint density at radius 2 is 2.06 bits per heavy atom. The van der Waals surface area contributed by atoms with Gasteiger partial charge in [-0.15, -0.1) is 0 Å². The SMILES string of the molecule is CNC(CC(C)CC(C)(C)C)c1occc1Br. The predicted molar refractivity (Wildman–Crippen MR) is 76.1 cm³/mol. The van der Waals surface area contributed by atoms with Gasteiger partial charge in [-0.25, -0.2) is 0 Å². The molecule has 98 valence electrons. The molecule has 0 fully saturated rings. The zero-order chi connectivity index (χ0) is 13.1. The molecule has 2 atom stereocenters. The summed E-state index contributed by atoms with van der Waals surface area (Å²) in [5, 5.41) is 3.34. The van der Waals surface area contributed by atoms with E-state index >= 15 is 0 Å². The van der Waals surface area contributed by atoms with Gasteiger partial charge in [0.2, 0.25) is 0 Å². The third-order valence-corrected chi connectivity index (χ3v) is 3.56. The Kier molecular flexibility index (Phi) is 5.26. The lowest BCUT2D eigenvalue weighted by atomic mass is 9.82. The second kappa shape index (κ2) is 6.05. The maximum atomic E-state index is 5.54. The van der Waals surface area contributed by atoms with Gasteiger partial charge in [-0.05, 0) is 53.2 Å². The third-order valence-electron chi connectivity index (χ3n) is 2.91. The van der Waals surface area contributed by atoms with E-state index in [-0.39, 0.29) is 6.04 Å². The standard InChI is InChI=1S/C14H24BrNO/c1-10(9-14(2,3)4)8-12(16-5)13-11(15)6-7-17-13/h6-7,10,12,16H,8-9H2,1-5H3. The van der Waals surface area contributed by atoms with Crippen LogP contribution < -0.4 is 5.32 Å². The van der Waals surface area contributed by atoms with Crippen molar-refractivity contribution in [2.75, 3.05) is 7.05 Å². The summed E-state index contributed by atoms with van der Waals surface area (Å²) in [4.78, 5) is 0. The Bertz CT molecular complexity index is 340. The summed E-state index contributed by atoms with van der Waals surface area (Å²) in [5.74, 6) is 1.68. The highest BCUT2D eigenvalue weighted by Gasteiger charge is 2.22. The normalized spacial score (nSPS) is 15.9. The number of halogens is 1. The van der Waals surface area contributed by atoms with E-state index in [0.717, 1.165) is 16.7 Å². The summed E-state index contributed by atoms with van der Waals surface area (Å²) in [7, 11) is 1.99. The van der Waals surface area contributed by atoms with Gasteiger partial charge >= 0.3 is 0 Å². The van der Waals surface area contributed by atoms with Crippen LogP contribution in [0.2, 0.25) is 0 Å². The maximum Gasteiger partial charge on any atom is 0.134 e. The Labute approximate surface area is 113 Å². The van der Waals surface area contributed by atoms with Crippen molar-refractivity contribution in [2.45, 2.75) is 46.6 Å². The molecule has 1 rings (SSSR count). The number of rotatable bonds is 5. The molecule has 0 bridgehead atoms. The molecule has 1 N–H and O–H groups in total. The zero-order valence-corrected chi connectivity index (χ0v) is 13.1. The van der Waals surface area contributed by atoms with Gasteiger partial charge in [-0.2, -0.15) is 0 Å². The van der Waals surface area contributed by atoms with Crippen LogP contribution in [-0.2, 0) is 0 Å². The first-order valence-electron chi connectivity index (χ1n) is 6.23. The highest BCUT2D eigenvalue weighted by atomic mass is 79.9. The molecule has 0 spiro atoms. The molecule has 1 heterocycles. The topological polar surface area (TPSA) is 25.2 Å². The monoisotopic (exact) mass is 301 g/mol. The largest absolute Gasteiger partial charge is 0.466 e. The van der Waals surface area contributed by atoms with Gasteiger partial charge in [-0.3, -0.25) is 0 Å². The molecule has 17 heavy (non-hydrogen) atoms. The zero-order valence-electron chi connectivity index (χ0n) is 11.5. The van der Waals surface area contributed by atoms with E-state index in [1.54, 1.807) is 6.26 Å². The van der Waals surface area contributed by atoms with Gasteiger partial charge in [0, 0.05) is 0 Å². The molecular formula is C14H24BrNO. The molecule has 0 saturated carbocycles. The van der Waals surface area contributed by atoms with Gasteiger partial charge in [0.15, 0.2) is 0 Å². The molecule has 0 aliphatic carbocycles. The minimum Gasteiger partial charge on any atom is -0.466 e. The third kappa shape index (κ3) is 4.84. The second-order valence-corrected chi connectivity index (χ2v) is 6.93. The van der Waals surface area contributed by atoms with Gasteiger partial charge in [-0.1, -0.05) is 27.7 Å². The van der Waals surface area contributed by atoms with Crippen LogP contribution in [0.5, 0.6) is 0 Å². The van der Waals surface area contributed by atoms with E-state index in [1.165, 1.54) is 6.42 Å². The first-order valence-corrected chi connectivity index (χ1v) is 7.03. The number of hydrogen-bond donors (Lipinski definition) is 1. The molecule has 1 aromatic rings. The van der Waals surface area contributed by atoms with Crippen molar-refractivity contribution in [2.24, 2.45) is 11.3 Å². The molecule has 2 unspecified atom stereocenters. The van der Waals surface area contributed by atoms with Gasteiger partial charge in [0.25, 0.3) is 0 Å². The smallest absolute Gasteiger partial charge is 0.134 e. The van der Waals surface area contributed by atoms with Crippen LogP contribution in [0.1, 0.15) is 52.3 Å². The van der Waals surface area contributed by atoms with E-state index < -0.39 is 0 Å². The Hall–Kier alpha value is -0.280. The van der Waals surface area contributed by atoms with Crippen molar-refractivity contribution >= 4 is 15.9 Å². The van der Waals surface area contributed by atoms with Crippen LogP contribution in [0, 0.1) is 11.3 Å². The molecule has 0 saturated heterocycles. The minimum atomic E-state index is 0.289. The molecule has 2 nitrogen and oxygen atoms in total. The summed E-state index contributed by atoms with van der Waals surface area (Å²) in [6.45, 7) is 9.19. The van der Waals surface area contributed by atoms with E-state index in [0.29, 0.717) is 11.3 Å². The molecule has 3 heteroatoms. The molecule has 1 aromatic heterocycles. The fourth-order valence-electron chi connectivity index (χ4n) is 2.44. The lowest BCUT2D eigenvalue weighted by molar-refractivity contribution is 0.268. The van der Waals surface area contributed by atoms with Crippen LogP contribution in [0.15, 0.2) is 21.2 Å². The van der Waals surface area contributed by atoms with Crippen LogP contribution >= 0.6 is 15.9 Å². The average Bonchev–Trinajstić information content (AvgIpc) is 2.58. The fraction of sp³-hybridized carbons (Fsp3) is 0.714. The first-order chi connectivity index (χ1) is 7.83. The van der Waals surface area contributed by atoms with Crippen molar-refractivity contribution in [3.8, 4) is 0 Å². The summed E-state index contributed by atoms with van der Waals surface area (Å²) >= 11 is 3.53. The maximum absolute atomic E-state index is 5.54. The summed E-state index contributed by atoms with van der Waals surface area (Å²) in [6.07, 6.45) is 4.06. The summed E-state index contributed by atoms with van der Waals surface area (Å²) < 4.78 is 6.59. The van der Waals surface area contributed by atoms with Gasteiger partial charge in [0.1, 0.15) is 5.76 Å². The van der Waals surface area contributed by atoms with Crippen LogP contribution in [0.4, 0.5) is 0 Å². The summed E-state index contributed by atoms with van der Waals surface area (Å²) in [6, 6.07) is 2.24. The lowest BCUT2D eigenvalue weighted by Crippen LogP contribution is -2.21. The van der Waals surface area contributed by atoms with Crippen molar-refractivity contribution < 1.29 is 4.42 Å². The van der Waals surface area contributed by atoms with E-state index in [1.807, 2.05) is 13.1 Å². The van der Waals surface area contributed by atoms with Gasteiger partial charge in [0.05, 0.1) is 16.8 Å². The summed E-state index contributed by atoms with van der Waals surface area (Å²) in [5.41, 5.74) is 0.387. The quantitative estimate of drug-likeness (QED) is 0.848. The fourth-order valence-corrected chi connectivity index (χ4v) is 2.92. The number of hydrogen-bond acceptors (Lipinski definition) is 2. The number of furan rings is 1. The van der Waals surface area contributed by atoms with Crippen molar-refractivity contribution in [3.05, 3.63) is 22.6 Å². The molecule has 0 radical (unpaired) electrons. The highest BCUT2D eigenvalue weighted by molar-refractivity contribution is 9.10. The van der Waals surface area contributed by atoms with Gasteiger partial charge < -0.3 is 9.73 Å². The Morgan fingerprint density at radius 1 is 1.41 bits per heavy atom. The van der Waals surface area contributed by atoms with Crippen LogP contribution in [0.3, 0.4) is 0 Å². The first kappa shape index (κ1) is 14.8. The predicted octanol–water partition coefficient (Wildman–Crippen LogP) is 4.77. The Balaban J connectivity index is 2.62. The molecular weight excluding hydrogens is 278 g/mol. The van der Waals surface area contributed by atoms with E-state index in [2.05, 4.69) is 48.9 Å². The molecule has 0 amide bonds.